The van der Waals surface area contributed by atoms with Gasteiger partial charge in [-0.05, 0) is 67.1 Å². The summed E-state index contributed by atoms with van der Waals surface area (Å²) in [6, 6.07) is 8.44. The summed E-state index contributed by atoms with van der Waals surface area (Å²) in [5.74, 6) is 1.23. The molecule has 2 saturated carbocycles. The van der Waals surface area contributed by atoms with E-state index in [0.29, 0.717) is 11.8 Å². The van der Waals surface area contributed by atoms with Crippen LogP contribution in [0.3, 0.4) is 0 Å². The van der Waals surface area contributed by atoms with E-state index < -0.39 is 0 Å². The monoisotopic (exact) mass is 550 g/mol. The Hall–Kier alpha value is -2.50. The summed E-state index contributed by atoms with van der Waals surface area (Å²) in [5, 5.41) is 9.44. The SMILES string of the molecule is CCCCCCCCNC(=O)NC12C=CC3(Cc4ccc(N(C)C(=O)NCCCCCCCC)cc4)CC3C1C2. The van der Waals surface area contributed by atoms with E-state index in [0.717, 1.165) is 44.5 Å². The number of anilines is 1. The number of hydrogen-bond donors (Lipinski definition) is 3. The van der Waals surface area contributed by atoms with Gasteiger partial charge in [-0.25, -0.2) is 9.59 Å². The zero-order valence-corrected chi connectivity index (χ0v) is 25.4. The summed E-state index contributed by atoms with van der Waals surface area (Å²) < 4.78 is 0. The molecule has 0 aromatic heterocycles. The lowest BCUT2D eigenvalue weighted by molar-refractivity contribution is 0.236. The third-order valence-electron chi connectivity index (χ3n) is 9.57. The van der Waals surface area contributed by atoms with E-state index in [1.54, 1.807) is 4.90 Å². The average molecular weight is 551 g/mol. The van der Waals surface area contributed by atoms with Gasteiger partial charge in [0.05, 0.1) is 5.54 Å². The van der Waals surface area contributed by atoms with Crippen LogP contribution in [0.2, 0.25) is 0 Å². The maximum absolute atomic E-state index is 12.6. The molecule has 0 radical (unpaired) electrons. The van der Waals surface area contributed by atoms with Gasteiger partial charge in [0, 0.05) is 25.8 Å². The molecule has 6 nitrogen and oxygen atoms in total. The summed E-state index contributed by atoms with van der Waals surface area (Å²) in [6.07, 6.45) is 22.7. The van der Waals surface area contributed by atoms with Gasteiger partial charge in [-0.2, -0.15) is 0 Å². The molecule has 1 aromatic rings. The van der Waals surface area contributed by atoms with Crippen molar-refractivity contribution >= 4 is 17.7 Å². The van der Waals surface area contributed by atoms with Gasteiger partial charge in [0.2, 0.25) is 0 Å². The first kappa shape index (κ1) is 30.5. The van der Waals surface area contributed by atoms with E-state index in [9.17, 15) is 9.59 Å². The Morgan fingerprint density at radius 2 is 1.38 bits per heavy atom. The second-order valence-corrected chi connectivity index (χ2v) is 12.8. The summed E-state index contributed by atoms with van der Waals surface area (Å²) in [4.78, 5) is 26.8. The van der Waals surface area contributed by atoms with Crippen LogP contribution in [0, 0.1) is 17.3 Å². The number of nitrogens with zero attached hydrogens (tertiary/aromatic N) is 1. The van der Waals surface area contributed by atoms with Crippen LogP contribution in [0.25, 0.3) is 0 Å². The van der Waals surface area contributed by atoms with Gasteiger partial charge in [-0.3, -0.25) is 4.90 Å². The number of carbonyl (C=O) groups is 2. The molecule has 1 aromatic carbocycles. The Morgan fingerprint density at radius 1 is 0.775 bits per heavy atom. The lowest BCUT2D eigenvalue weighted by Crippen LogP contribution is -2.45. The molecule has 4 unspecified atom stereocenters. The van der Waals surface area contributed by atoms with Crippen molar-refractivity contribution in [3.8, 4) is 0 Å². The Morgan fingerprint density at radius 3 is 2.02 bits per heavy atom. The molecule has 0 heterocycles. The van der Waals surface area contributed by atoms with Gasteiger partial charge < -0.3 is 16.0 Å². The largest absolute Gasteiger partial charge is 0.338 e. The van der Waals surface area contributed by atoms with E-state index in [1.807, 2.05) is 7.05 Å². The van der Waals surface area contributed by atoms with Crippen molar-refractivity contribution in [1.82, 2.24) is 16.0 Å². The van der Waals surface area contributed by atoms with Crippen molar-refractivity contribution in [1.29, 1.82) is 0 Å². The molecule has 0 saturated heterocycles. The molecule has 3 aliphatic carbocycles. The van der Waals surface area contributed by atoms with Crippen molar-refractivity contribution in [3.63, 3.8) is 0 Å². The fourth-order valence-corrected chi connectivity index (χ4v) is 6.76. The second kappa shape index (κ2) is 14.4. The van der Waals surface area contributed by atoms with Crippen molar-refractivity contribution in [2.75, 3.05) is 25.0 Å². The smallest absolute Gasteiger partial charge is 0.321 e. The summed E-state index contributed by atoms with van der Waals surface area (Å²) in [6.45, 7) is 5.97. The van der Waals surface area contributed by atoms with Crippen molar-refractivity contribution in [2.45, 2.75) is 116 Å². The molecule has 4 rings (SSSR count). The van der Waals surface area contributed by atoms with Crippen LogP contribution in [0.15, 0.2) is 36.4 Å². The molecule has 3 aliphatic rings. The number of nitrogens with one attached hydrogen (secondary N) is 3. The van der Waals surface area contributed by atoms with Gasteiger partial charge in [0.25, 0.3) is 0 Å². The average Bonchev–Trinajstić information content (AvgIpc) is 3.85. The van der Waals surface area contributed by atoms with Crippen LogP contribution < -0.4 is 20.9 Å². The quantitative estimate of drug-likeness (QED) is 0.129. The highest BCUT2D eigenvalue weighted by Gasteiger charge is 2.70. The van der Waals surface area contributed by atoms with Crippen LogP contribution in [0.5, 0.6) is 0 Å². The Bertz CT molecular complexity index is 992. The number of unbranched alkanes of at least 4 members (excludes halogenated alkanes) is 10. The number of allylic oxidation sites excluding steroid dienone is 1. The van der Waals surface area contributed by atoms with Crippen LogP contribution >= 0.6 is 0 Å². The number of fused-ring (bicyclic) bond motifs is 3. The fourth-order valence-electron chi connectivity index (χ4n) is 6.76. The predicted molar refractivity (Wildman–Crippen MR) is 166 cm³/mol. The first-order valence-electron chi connectivity index (χ1n) is 16.3. The van der Waals surface area contributed by atoms with Crippen molar-refractivity contribution in [2.24, 2.45) is 17.3 Å². The van der Waals surface area contributed by atoms with Gasteiger partial charge in [-0.15, -0.1) is 0 Å². The highest BCUT2D eigenvalue weighted by Crippen LogP contribution is 2.71. The molecule has 222 valence electrons. The molecule has 0 bridgehead atoms. The number of carbonyl (C=O) groups excluding carboxylic acids is 2. The topological polar surface area (TPSA) is 73.5 Å². The minimum Gasteiger partial charge on any atom is -0.338 e. The number of hydrogen-bond acceptors (Lipinski definition) is 2. The molecular weight excluding hydrogens is 496 g/mol. The molecule has 4 amide bonds. The van der Waals surface area contributed by atoms with Crippen LogP contribution in [0.1, 0.15) is 109 Å². The third-order valence-corrected chi connectivity index (χ3v) is 9.57. The molecule has 3 N–H and O–H groups in total. The summed E-state index contributed by atoms with van der Waals surface area (Å²) in [5.41, 5.74) is 2.36. The first-order valence-corrected chi connectivity index (χ1v) is 16.3. The Labute approximate surface area is 243 Å². The molecule has 0 aliphatic heterocycles. The standard InChI is InChI=1S/C34H54N4O2/c1-4-6-8-10-12-14-22-35-31(39)37-34-21-20-33(25-29(33)30(34)26-34)24-27-16-18-28(19-17-27)38(3)32(40)36-23-15-13-11-9-7-5-2/h16-21,29-30H,4-15,22-26H2,1-3H3,(H,36,40)(H2,35,37,39). The van der Waals surface area contributed by atoms with Gasteiger partial charge in [-0.1, -0.05) is 102 Å². The number of urea groups is 2. The summed E-state index contributed by atoms with van der Waals surface area (Å²) >= 11 is 0. The number of amides is 4. The first-order chi connectivity index (χ1) is 19.4. The van der Waals surface area contributed by atoms with Gasteiger partial charge >= 0.3 is 12.1 Å². The maximum atomic E-state index is 12.6. The molecule has 6 heteroatoms. The minimum absolute atomic E-state index is 0.00965. The van der Waals surface area contributed by atoms with E-state index in [-0.39, 0.29) is 23.0 Å². The van der Waals surface area contributed by atoms with Gasteiger partial charge in [0.1, 0.15) is 0 Å². The van der Waals surface area contributed by atoms with E-state index in [1.165, 1.54) is 76.2 Å². The van der Waals surface area contributed by atoms with Crippen LogP contribution in [-0.4, -0.2) is 37.7 Å². The fraction of sp³-hybridized carbons (Fsp3) is 0.706. The highest BCUT2D eigenvalue weighted by molar-refractivity contribution is 5.91. The zero-order chi connectivity index (χ0) is 28.4. The molecule has 2 fully saturated rings. The molecule has 0 spiro atoms. The molecule has 40 heavy (non-hydrogen) atoms. The minimum atomic E-state index is -0.120. The van der Waals surface area contributed by atoms with Crippen LogP contribution in [0.4, 0.5) is 15.3 Å². The normalized spacial score (nSPS) is 25.5. The number of benzene rings is 1. The molecule has 4 atom stereocenters. The van der Waals surface area contributed by atoms with Crippen molar-refractivity contribution < 1.29 is 9.59 Å². The highest BCUT2D eigenvalue weighted by atomic mass is 16.2. The van der Waals surface area contributed by atoms with E-state index >= 15 is 0 Å². The Balaban J connectivity index is 1.16. The van der Waals surface area contributed by atoms with E-state index in [2.05, 4.69) is 66.2 Å². The lowest BCUT2D eigenvalue weighted by atomic mass is 9.87. The number of rotatable bonds is 18. The predicted octanol–water partition coefficient (Wildman–Crippen LogP) is 7.73. The summed E-state index contributed by atoms with van der Waals surface area (Å²) in [7, 11) is 1.84. The zero-order valence-electron chi connectivity index (χ0n) is 25.4. The van der Waals surface area contributed by atoms with Gasteiger partial charge in [0.15, 0.2) is 0 Å². The van der Waals surface area contributed by atoms with E-state index in [4.69, 9.17) is 0 Å². The second-order valence-electron chi connectivity index (χ2n) is 12.8. The third kappa shape index (κ3) is 8.04. The lowest BCUT2D eigenvalue weighted by Gasteiger charge is -2.24. The van der Waals surface area contributed by atoms with Crippen LogP contribution in [-0.2, 0) is 6.42 Å². The molecular formula is C34H54N4O2. The Kier molecular flexibility index (Phi) is 11.0. The maximum Gasteiger partial charge on any atom is 0.321 e. The van der Waals surface area contributed by atoms with Crippen molar-refractivity contribution in [3.05, 3.63) is 42.0 Å².